The van der Waals surface area contributed by atoms with Gasteiger partial charge in [0.05, 0.1) is 0 Å². The van der Waals surface area contributed by atoms with E-state index in [0.717, 1.165) is 12.8 Å². The molecule has 1 aromatic heterocycles. The van der Waals surface area contributed by atoms with Gasteiger partial charge < -0.3 is 9.15 Å². The van der Waals surface area contributed by atoms with Crippen molar-refractivity contribution in [1.82, 2.24) is 10.2 Å². The van der Waals surface area contributed by atoms with Gasteiger partial charge in [-0.2, -0.15) is 0 Å². The van der Waals surface area contributed by atoms with Crippen molar-refractivity contribution in [2.45, 2.75) is 18.9 Å². The summed E-state index contributed by atoms with van der Waals surface area (Å²) in [5.74, 6) is -0.122. The second kappa shape index (κ2) is 7.51. The standard InChI is InChI=1S/C20H17N3O4/c24-17(13-5-2-1-3-6-13)14-8-10-15(11-9-14)18(25)21-20-23-22-19(27-20)16-7-4-12-26-16/h1-3,5-6,8-11,16H,4,7,12H2,(H,21,23,25). The summed E-state index contributed by atoms with van der Waals surface area (Å²) >= 11 is 0. The minimum atomic E-state index is -0.392. The number of nitrogens with one attached hydrogen (secondary N) is 1. The van der Waals surface area contributed by atoms with E-state index in [1.165, 1.54) is 0 Å². The van der Waals surface area contributed by atoms with Crippen molar-refractivity contribution in [2.75, 3.05) is 11.9 Å². The predicted molar refractivity (Wildman–Crippen MR) is 96.5 cm³/mol. The molecule has 0 spiro atoms. The Morgan fingerprint density at radius 2 is 1.63 bits per heavy atom. The number of nitrogens with zero attached hydrogens (tertiary/aromatic N) is 2. The number of aromatic nitrogens is 2. The molecule has 7 heteroatoms. The summed E-state index contributed by atoms with van der Waals surface area (Å²) in [6.07, 6.45) is 1.57. The fourth-order valence-electron chi connectivity index (χ4n) is 2.89. The fourth-order valence-corrected chi connectivity index (χ4v) is 2.89. The van der Waals surface area contributed by atoms with E-state index in [2.05, 4.69) is 15.5 Å². The number of amides is 1. The number of carbonyl (C=O) groups excluding carboxylic acids is 2. The van der Waals surface area contributed by atoms with Gasteiger partial charge >= 0.3 is 6.01 Å². The molecule has 0 radical (unpaired) electrons. The van der Waals surface area contributed by atoms with Gasteiger partial charge in [-0.15, -0.1) is 5.10 Å². The van der Waals surface area contributed by atoms with Gasteiger partial charge in [0.1, 0.15) is 6.10 Å². The number of hydrogen-bond donors (Lipinski definition) is 1. The van der Waals surface area contributed by atoms with Crippen molar-refractivity contribution in [3.63, 3.8) is 0 Å². The van der Waals surface area contributed by atoms with Gasteiger partial charge in [0.2, 0.25) is 5.89 Å². The third kappa shape index (κ3) is 3.78. The van der Waals surface area contributed by atoms with Crippen molar-refractivity contribution in [2.24, 2.45) is 0 Å². The highest BCUT2D eigenvalue weighted by molar-refractivity contribution is 6.10. The molecule has 0 saturated carbocycles. The van der Waals surface area contributed by atoms with Gasteiger partial charge in [0.25, 0.3) is 5.91 Å². The number of carbonyl (C=O) groups is 2. The minimum Gasteiger partial charge on any atom is -0.405 e. The molecule has 7 nitrogen and oxygen atoms in total. The second-order valence-electron chi connectivity index (χ2n) is 6.17. The monoisotopic (exact) mass is 363 g/mol. The van der Waals surface area contributed by atoms with Crippen LogP contribution in [0.15, 0.2) is 59.0 Å². The molecule has 1 saturated heterocycles. The van der Waals surface area contributed by atoms with Crippen LogP contribution in [0.25, 0.3) is 0 Å². The topological polar surface area (TPSA) is 94.3 Å². The number of benzene rings is 2. The average Bonchev–Trinajstić information content (AvgIpc) is 3.40. The molecule has 1 aliphatic rings. The Kier molecular flexibility index (Phi) is 4.76. The summed E-state index contributed by atoms with van der Waals surface area (Å²) < 4.78 is 10.9. The Morgan fingerprint density at radius 1 is 0.926 bits per heavy atom. The maximum Gasteiger partial charge on any atom is 0.322 e. The molecule has 1 atom stereocenters. The summed E-state index contributed by atoms with van der Waals surface area (Å²) in [4.78, 5) is 24.7. The lowest BCUT2D eigenvalue weighted by Crippen LogP contribution is -2.12. The van der Waals surface area contributed by atoms with Crippen LogP contribution in [-0.2, 0) is 4.74 Å². The highest BCUT2D eigenvalue weighted by Gasteiger charge is 2.24. The average molecular weight is 363 g/mol. The van der Waals surface area contributed by atoms with Crippen LogP contribution in [0.2, 0.25) is 0 Å². The second-order valence-corrected chi connectivity index (χ2v) is 6.17. The maximum atomic E-state index is 12.4. The molecule has 1 aliphatic heterocycles. The minimum absolute atomic E-state index is 0.0231. The number of ketones is 1. The molecule has 2 heterocycles. The molecule has 1 fully saturated rings. The third-order valence-electron chi connectivity index (χ3n) is 4.31. The van der Waals surface area contributed by atoms with E-state index < -0.39 is 5.91 Å². The summed E-state index contributed by atoms with van der Waals surface area (Å²) in [6.45, 7) is 0.669. The molecule has 0 bridgehead atoms. The first-order valence-corrected chi connectivity index (χ1v) is 8.67. The van der Waals surface area contributed by atoms with Gasteiger partial charge in [0.15, 0.2) is 5.78 Å². The van der Waals surface area contributed by atoms with Crippen LogP contribution in [0.4, 0.5) is 6.01 Å². The van der Waals surface area contributed by atoms with E-state index in [-0.39, 0.29) is 17.9 Å². The first kappa shape index (κ1) is 17.1. The Labute approximate surface area is 155 Å². The molecule has 3 aromatic rings. The Hall–Kier alpha value is -3.32. The number of rotatable bonds is 5. The van der Waals surface area contributed by atoms with Crippen LogP contribution in [0.1, 0.15) is 51.1 Å². The maximum absolute atomic E-state index is 12.4. The van der Waals surface area contributed by atoms with Gasteiger partial charge in [0, 0.05) is 23.3 Å². The van der Waals surface area contributed by atoms with Crippen molar-refractivity contribution in [3.05, 3.63) is 77.2 Å². The Balaban J connectivity index is 1.43. The first-order valence-electron chi connectivity index (χ1n) is 8.67. The van der Waals surface area contributed by atoms with E-state index >= 15 is 0 Å². The number of anilines is 1. The van der Waals surface area contributed by atoms with Crippen LogP contribution in [0.3, 0.4) is 0 Å². The van der Waals surface area contributed by atoms with Crippen molar-refractivity contribution in [1.29, 1.82) is 0 Å². The fraction of sp³-hybridized carbons (Fsp3) is 0.200. The molecule has 1 N–H and O–H groups in total. The van der Waals surface area contributed by atoms with Crippen molar-refractivity contribution < 1.29 is 18.7 Å². The molecular formula is C20H17N3O4. The first-order chi connectivity index (χ1) is 13.2. The molecule has 1 unspecified atom stereocenters. The van der Waals surface area contributed by atoms with Crippen molar-refractivity contribution in [3.8, 4) is 0 Å². The van der Waals surface area contributed by atoms with Crippen LogP contribution in [0.5, 0.6) is 0 Å². The molecule has 4 rings (SSSR count). The van der Waals surface area contributed by atoms with E-state index in [1.54, 1.807) is 36.4 Å². The zero-order valence-electron chi connectivity index (χ0n) is 14.4. The molecule has 0 aliphatic carbocycles. The smallest absolute Gasteiger partial charge is 0.322 e. The van der Waals surface area contributed by atoms with E-state index in [1.807, 2.05) is 18.2 Å². The lowest BCUT2D eigenvalue weighted by atomic mass is 10.0. The zero-order valence-corrected chi connectivity index (χ0v) is 14.4. The van der Waals surface area contributed by atoms with E-state index in [0.29, 0.717) is 29.2 Å². The molecular weight excluding hydrogens is 346 g/mol. The lowest BCUT2D eigenvalue weighted by molar-refractivity contribution is 0.0893. The summed E-state index contributed by atoms with van der Waals surface area (Å²) in [5, 5.41) is 10.3. The van der Waals surface area contributed by atoms with Gasteiger partial charge in [-0.25, -0.2) is 0 Å². The van der Waals surface area contributed by atoms with Gasteiger partial charge in [-0.1, -0.05) is 47.6 Å². The van der Waals surface area contributed by atoms with Crippen molar-refractivity contribution >= 4 is 17.7 Å². The highest BCUT2D eigenvalue weighted by atomic mass is 16.5. The number of hydrogen-bond acceptors (Lipinski definition) is 6. The van der Waals surface area contributed by atoms with Crippen LogP contribution < -0.4 is 5.32 Å². The summed E-state index contributed by atoms with van der Waals surface area (Å²) in [6, 6.07) is 15.4. The molecule has 136 valence electrons. The Morgan fingerprint density at radius 3 is 2.33 bits per heavy atom. The summed E-state index contributed by atoms with van der Waals surface area (Å²) in [7, 11) is 0. The zero-order chi connectivity index (χ0) is 18.6. The lowest BCUT2D eigenvalue weighted by Gasteiger charge is -2.04. The predicted octanol–water partition coefficient (Wildman–Crippen LogP) is 3.40. The third-order valence-corrected chi connectivity index (χ3v) is 4.31. The quantitative estimate of drug-likeness (QED) is 0.698. The molecule has 2 aromatic carbocycles. The highest BCUT2D eigenvalue weighted by Crippen LogP contribution is 2.28. The van der Waals surface area contributed by atoms with Crippen LogP contribution in [-0.4, -0.2) is 28.5 Å². The van der Waals surface area contributed by atoms with E-state index in [9.17, 15) is 9.59 Å². The summed E-state index contributed by atoms with van der Waals surface area (Å²) in [5.41, 5.74) is 1.50. The van der Waals surface area contributed by atoms with Crippen LogP contribution in [0, 0.1) is 0 Å². The SMILES string of the molecule is O=C(Nc1nnc(C2CCCO2)o1)c1ccc(C(=O)c2ccccc2)cc1. The van der Waals surface area contributed by atoms with Gasteiger partial charge in [-0.3, -0.25) is 14.9 Å². The number of ether oxygens (including phenoxy) is 1. The van der Waals surface area contributed by atoms with Crippen LogP contribution >= 0.6 is 0 Å². The van der Waals surface area contributed by atoms with E-state index in [4.69, 9.17) is 9.15 Å². The van der Waals surface area contributed by atoms with Gasteiger partial charge in [-0.05, 0) is 25.0 Å². The molecule has 1 amide bonds. The Bertz CT molecular complexity index is 945. The largest absolute Gasteiger partial charge is 0.405 e. The molecule has 27 heavy (non-hydrogen) atoms. The normalized spacial score (nSPS) is 16.2.